The summed E-state index contributed by atoms with van der Waals surface area (Å²) in [6.07, 6.45) is 2.84. The molecule has 2 unspecified atom stereocenters. The predicted molar refractivity (Wildman–Crippen MR) is 89.9 cm³/mol. The van der Waals surface area contributed by atoms with Gasteiger partial charge in [-0.15, -0.1) is 0 Å². The van der Waals surface area contributed by atoms with Gasteiger partial charge in [-0.1, -0.05) is 24.3 Å². The van der Waals surface area contributed by atoms with E-state index in [0.29, 0.717) is 11.5 Å². The summed E-state index contributed by atoms with van der Waals surface area (Å²) in [4.78, 5) is 15.6. The van der Waals surface area contributed by atoms with Crippen molar-refractivity contribution in [1.82, 2.24) is 10.3 Å². The van der Waals surface area contributed by atoms with Gasteiger partial charge in [0.1, 0.15) is 5.75 Å². The van der Waals surface area contributed by atoms with Crippen LogP contribution in [0.5, 0.6) is 5.75 Å². The number of ether oxygens (including phenoxy) is 1. The van der Waals surface area contributed by atoms with Crippen molar-refractivity contribution in [1.29, 1.82) is 0 Å². The van der Waals surface area contributed by atoms with Crippen molar-refractivity contribution in [3.05, 3.63) is 65.9 Å². The highest BCUT2D eigenvalue weighted by Crippen LogP contribution is 2.44. The number of aromatic amines is 1. The number of rotatable bonds is 4. The molecule has 0 bridgehead atoms. The van der Waals surface area contributed by atoms with Crippen molar-refractivity contribution in [3.8, 4) is 5.75 Å². The summed E-state index contributed by atoms with van der Waals surface area (Å²) in [6.45, 7) is 0. The monoisotopic (exact) mass is 306 g/mol. The molecule has 0 spiro atoms. The Morgan fingerprint density at radius 2 is 2.09 bits per heavy atom. The van der Waals surface area contributed by atoms with Gasteiger partial charge in [0.25, 0.3) is 5.91 Å². The van der Waals surface area contributed by atoms with Crippen molar-refractivity contribution in [2.75, 3.05) is 7.11 Å². The Labute approximate surface area is 134 Å². The molecule has 4 heteroatoms. The molecular formula is C19H18N2O2. The van der Waals surface area contributed by atoms with Crippen LogP contribution >= 0.6 is 0 Å². The highest BCUT2D eigenvalue weighted by atomic mass is 16.5. The number of hydrogen-bond donors (Lipinski definition) is 2. The van der Waals surface area contributed by atoms with Crippen molar-refractivity contribution in [2.45, 2.75) is 18.4 Å². The minimum Gasteiger partial charge on any atom is -0.496 e. The molecule has 1 saturated carbocycles. The Bertz CT molecular complexity index is 868. The van der Waals surface area contributed by atoms with Gasteiger partial charge in [0.2, 0.25) is 0 Å². The van der Waals surface area contributed by atoms with Gasteiger partial charge in [0, 0.05) is 29.2 Å². The minimum absolute atomic E-state index is 0.0242. The molecule has 1 heterocycles. The van der Waals surface area contributed by atoms with E-state index in [9.17, 15) is 4.79 Å². The average molecular weight is 306 g/mol. The van der Waals surface area contributed by atoms with Crippen LogP contribution in [0.25, 0.3) is 10.9 Å². The molecule has 0 saturated heterocycles. The molecule has 1 aromatic heterocycles. The summed E-state index contributed by atoms with van der Waals surface area (Å²) < 4.78 is 5.41. The number of aromatic nitrogens is 1. The number of fused-ring (bicyclic) bond motifs is 1. The maximum Gasteiger partial charge on any atom is 0.251 e. The maximum absolute atomic E-state index is 12.4. The van der Waals surface area contributed by atoms with Crippen LogP contribution in [-0.4, -0.2) is 24.0 Å². The lowest BCUT2D eigenvalue weighted by Gasteiger charge is -2.09. The molecular weight excluding hydrogens is 288 g/mol. The Morgan fingerprint density at radius 3 is 2.96 bits per heavy atom. The average Bonchev–Trinajstić information content (AvgIpc) is 3.18. The lowest BCUT2D eigenvalue weighted by molar-refractivity contribution is 0.0950. The molecule has 116 valence electrons. The van der Waals surface area contributed by atoms with E-state index < -0.39 is 0 Å². The first kappa shape index (κ1) is 13.9. The summed E-state index contributed by atoms with van der Waals surface area (Å²) in [7, 11) is 1.68. The van der Waals surface area contributed by atoms with Crippen molar-refractivity contribution in [3.63, 3.8) is 0 Å². The second kappa shape index (κ2) is 5.47. The van der Waals surface area contributed by atoms with E-state index in [1.807, 2.05) is 48.7 Å². The van der Waals surface area contributed by atoms with Gasteiger partial charge >= 0.3 is 0 Å². The van der Waals surface area contributed by atoms with Crippen molar-refractivity contribution >= 4 is 16.8 Å². The second-order valence-corrected chi connectivity index (χ2v) is 5.94. The fourth-order valence-corrected chi connectivity index (χ4v) is 3.11. The van der Waals surface area contributed by atoms with E-state index in [2.05, 4.69) is 16.4 Å². The van der Waals surface area contributed by atoms with Gasteiger partial charge in [-0.05, 0) is 41.6 Å². The van der Waals surface area contributed by atoms with Gasteiger partial charge in [0.15, 0.2) is 0 Å². The minimum atomic E-state index is -0.0242. The van der Waals surface area contributed by atoms with Gasteiger partial charge in [0.05, 0.1) is 7.11 Å². The Balaban J connectivity index is 1.48. The molecule has 0 radical (unpaired) electrons. The van der Waals surface area contributed by atoms with Crippen LogP contribution in [0, 0.1) is 0 Å². The number of methoxy groups -OCH3 is 1. The van der Waals surface area contributed by atoms with Gasteiger partial charge < -0.3 is 15.0 Å². The smallest absolute Gasteiger partial charge is 0.251 e. The van der Waals surface area contributed by atoms with E-state index in [1.165, 1.54) is 5.56 Å². The van der Waals surface area contributed by atoms with E-state index in [0.717, 1.165) is 23.1 Å². The molecule has 2 N–H and O–H groups in total. The SMILES string of the molecule is COc1ccccc1C1CC1NC(=O)c1ccc2cc[nH]c2c1. The van der Waals surface area contributed by atoms with Gasteiger partial charge in [-0.25, -0.2) is 0 Å². The second-order valence-electron chi connectivity index (χ2n) is 5.94. The zero-order valence-electron chi connectivity index (χ0n) is 12.9. The summed E-state index contributed by atoms with van der Waals surface area (Å²) in [6, 6.07) is 15.9. The third kappa shape index (κ3) is 2.57. The first-order chi connectivity index (χ1) is 11.3. The third-order valence-corrected chi connectivity index (χ3v) is 4.46. The number of carbonyl (C=O) groups excluding carboxylic acids is 1. The van der Waals surface area contributed by atoms with Crippen molar-refractivity contribution < 1.29 is 9.53 Å². The molecule has 3 aromatic rings. The van der Waals surface area contributed by atoms with E-state index >= 15 is 0 Å². The summed E-state index contributed by atoms with van der Waals surface area (Å²) in [5.74, 6) is 1.20. The standard InChI is InChI=1S/C19H18N2O2/c1-23-18-5-3-2-4-14(18)15-11-17(15)21-19(22)13-7-6-12-8-9-20-16(12)10-13/h2-10,15,17,20H,11H2,1H3,(H,21,22). The highest BCUT2D eigenvalue weighted by molar-refractivity contribution is 5.98. The van der Waals surface area contributed by atoms with E-state index in [4.69, 9.17) is 4.74 Å². The van der Waals surface area contributed by atoms with Gasteiger partial charge in [-0.3, -0.25) is 4.79 Å². The maximum atomic E-state index is 12.4. The molecule has 0 aliphatic heterocycles. The Hall–Kier alpha value is -2.75. The number of nitrogens with one attached hydrogen (secondary N) is 2. The van der Waals surface area contributed by atoms with Crippen molar-refractivity contribution in [2.24, 2.45) is 0 Å². The predicted octanol–water partition coefficient (Wildman–Crippen LogP) is 3.46. The summed E-state index contributed by atoms with van der Waals surface area (Å²) in [5.41, 5.74) is 2.83. The number of amides is 1. The molecule has 1 aliphatic rings. The molecule has 2 aromatic carbocycles. The lowest BCUT2D eigenvalue weighted by Crippen LogP contribution is -2.26. The topological polar surface area (TPSA) is 54.1 Å². The molecule has 1 aliphatic carbocycles. The lowest BCUT2D eigenvalue weighted by atomic mass is 10.1. The highest BCUT2D eigenvalue weighted by Gasteiger charge is 2.41. The quantitative estimate of drug-likeness (QED) is 0.775. The Kier molecular flexibility index (Phi) is 3.30. The number of benzene rings is 2. The molecule has 4 nitrogen and oxygen atoms in total. The first-order valence-corrected chi connectivity index (χ1v) is 7.77. The van der Waals surface area contributed by atoms with Crippen LogP contribution in [0.1, 0.15) is 28.3 Å². The molecule has 23 heavy (non-hydrogen) atoms. The number of para-hydroxylation sites is 1. The number of H-pyrrole nitrogens is 1. The first-order valence-electron chi connectivity index (χ1n) is 7.77. The van der Waals surface area contributed by atoms with E-state index in [1.54, 1.807) is 7.11 Å². The Morgan fingerprint density at radius 1 is 1.22 bits per heavy atom. The van der Waals surface area contributed by atoms with E-state index in [-0.39, 0.29) is 11.9 Å². The zero-order valence-corrected chi connectivity index (χ0v) is 12.9. The third-order valence-electron chi connectivity index (χ3n) is 4.46. The van der Waals surface area contributed by atoms with Crippen LogP contribution < -0.4 is 10.1 Å². The summed E-state index contributed by atoms with van der Waals surface area (Å²) >= 11 is 0. The largest absolute Gasteiger partial charge is 0.496 e. The number of carbonyl (C=O) groups is 1. The number of hydrogen-bond acceptors (Lipinski definition) is 2. The fraction of sp³-hybridized carbons (Fsp3) is 0.211. The fourth-order valence-electron chi connectivity index (χ4n) is 3.11. The zero-order chi connectivity index (χ0) is 15.8. The molecule has 2 atom stereocenters. The van der Waals surface area contributed by atoms with Crippen LogP contribution in [-0.2, 0) is 0 Å². The molecule has 1 fully saturated rings. The van der Waals surface area contributed by atoms with Gasteiger partial charge in [-0.2, -0.15) is 0 Å². The van der Waals surface area contributed by atoms with Crippen LogP contribution in [0.4, 0.5) is 0 Å². The summed E-state index contributed by atoms with van der Waals surface area (Å²) in [5, 5.41) is 4.23. The van der Waals surface area contributed by atoms with Crippen LogP contribution in [0.3, 0.4) is 0 Å². The molecule has 1 amide bonds. The molecule has 4 rings (SSSR count). The van der Waals surface area contributed by atoms with Crippen LogP contribution in [0.15, 0.2) is 54.7 Å². The normalized spacial score (nSPS) is 19.5. The van der Waals surface area contributed by atoms with Crippen LogP contribution in [0.2, 0.25) is 0 Å².